The highest BCUT2D eigenvalue weighted by atomic mass is 35.5. The Kier molecular flexibility index (Phi) is 8.17. The molecule has 2 aromatic rings. The van der Waals surface area contributed by atoms with Crippen LogP contribution >= 0.6 is 23.4 Å². The van der Waals surface area contributed by atoms with Gasteiger partial charge in [0, 0.05) is 33.6 Å². The molecule has 4 rings (SSSR count). The highest BCUT2D eigenvalue weighted by Crippen LogP contribution is 2.48. The van der Waals surface area contributed by atoms with Gasteiger partial charge in [-0.15, -0.1) is 0 Å². The number of ether oxygens (including phenoxy) is 1. The number of carboxylic acid groups (broad SMARTS) is 2. The summed E-state index contributed by atoms with van der Waals surface area (Å²) >= 11 is 7.82. The van der Waals surface area contributed by atoms with Crippen molar-refractivity contribution in [2.45, 2.75) is 28.7 Å². The van der Waals surface area contributed by atoms with E-state index >= 15 is 0 Å². The van der Waals surface area contributed by atoms with Crippen LogP contribution in [0.1, 0.15) is 24.5 Å². The predicted octanol–water partition coefficient (Wildman–Crippen LogP) is 5.12. The van der Waals surface area contributed by atoms with Gasteiger partial charge < -0.3 is 19.8 Å². The number of halogens is 2. The van der Waals surface area contributed by atoms with Crippen molar-refractivity contribution in [2.24, 2.45) is 5.92 Å². The molecule has 170 valence electrons. The van der Waals surface area contributed by atoms with E-state index in [1.54, 1.807) is 23.9 Å². The van der Waals surface area contributed by atoms with Crippen LogP contribution in [-0.2, 0) is 9.59 Å². The van der Waals surface area contributed by atoms with Gasteiger partial charge in [-0.05, 0) is 69.4 Å². The summed E-state index contributed by atoms with van der Waals surface area (Å²) in [5, 5.41) is 16.3. The summed E-state index contributed by atoms with van der Waals surface area (Å²) in [5.74, 6) is -1.55. The molecule has 1 atom stereocenters. The van der Waals surface area contributed by atoms with Crippen molar-refractivity contribution >= 4 is 35.3 Å². The second-order valence-electron chi connectivity index (χ2n) is 7.56. The molecule has 2 aliphatic rings. The molecule has 9 heteroatoms. The number of likely N-dealkylation sites (tertiary alicyclic amines) is 1. The van der Waals surface area contributed by atoms with Gasteiger partial charge in [0.15, 0.2) is 0 Å². The van der Waals surface area contributed by atoms with Gasteiger partial charge in [-0.2, -0.15) is 0 Å². The minimum atomic E-state index is -1.26. The molecule has 1 saturated heterocycles. The fraction of sp³-hybridized carbons (Fsp3) is 0.304. The largest absolute Gasteiger partial charge is 0.484 e. The van der Waals surface area contributed by atoms with E-state index in [0.717, 1.165) is 47.0 Å². The average molecular weight is 480 g/mol. The molecule has 0 aromatic heterocycles. The lowest BCUT2D eigenvalue weighted by molar-refractivity contribution is -0.134. The fourth-order valence-electron chi connectivity index (χ4n) is 3.64. The average Bonchev–Trinajstić information content (AvgIpc) is 2.89. The van der Waals surface area contributed by atoms with Crippen molar-refractivity contribution in [1.29, 1.82) is 0 Å². The third-order valence-electron chi connectivity index (χ3n) is 5.22. The summed E-state index contributed by atoms with van der Waals surface area (Å²) in [5.41, 5.74) is 1.12. The van der Waals surface area contributed by atoms with Gasteiger partial charge >= 0.3 is 11.9 Å². The Bertz CT molecular complexity index is 1010. The second kappa shape index (κ2) is 10.8. The summed E-state index contributed by atoms with van der Waals surface area (Å²) in [6.45, 7) is 2.15. The summed E-state index contributed by atoms with van der Waals surface area (Å²) in [6, 6.07) is 10.7. The highest BCUT2D eigenvalue weighted by molar-refractivity contribution is 7.99. The van der Waals surface area contributed by atoms with Gasteiger partial charge in [-0.25, -0.2) is 14.0 Å². The lowest BCUT2D eigenvalue weighted by Gasteiger charge is -2.34. The Morgan fingerprint density at radius 1 is 1.09 bits per heavy atom. The SMILES string of the molecule is CN1CCC(C2Oc3ccc(F)cc3Sc3ccc(Cl)cc32)CC1.O=C(O)C=CC(=O)O. The first-order chi connectivity index (χ1) is 15.2. The molecule has 2 aromatic carbocycles. The zero-order valence-electron chi connectivity index (χ0n) is 17.3. The number of fused-ring (bicyclic) bond motifs is 2. The van der Waals surface area contributed by atoms with E-state index in [0.29, 0.717) is 23.1 Å². The summed E-state index contributed by atoms with van der Waals surface area (Å²) in [4.78, 5) is 23.4. The maximum atomic E-state index is 13.7. The predicted molar refractivity (Wildman–Crippen MR) is 120 cm³/mol. The van der Waals surface area contributed by atoms with Crippen LogP contribution in [0.5, 0.6) is 5.75 Å². The van der Waals surface area contributed by atoms with Gasteiger partial charge in [0.2, 0.25) is 0 Å². The van der Waals surface area contributed by atoms with Crippen LogP contribution in [0, 0.1) is 11.7 Å². The molecule has 0 bridgehead atoms. The lowest BCUT2D eigenvalue weighted by atomic mass is 9.87. The van der Waals surface area contributed by atoms with Gasteiger partial charge in [0.05, 0.1) is 4.90 Å². The molecule has 1 fully saturated rings. The van der Waals surface area contributed by atoms with E-state index < -0.39 is 11.9 Å². The molecule has 1 unspecified atom stereocenters. The number of hydrogen-bond acceptors (Lipinski definition) is 5. The van der Waals surface area contributed by atoms with E-state index in [1.807, 2.05) is 18.2 Å². The molecule has 32 heavy (non-hydrogen) atoms. The molecule has 2 N–H and O–H groups in total. The van der Waals surface area contributed by atoms with Gasteiger partial charge in [0.25, 0.3) is 0 Å². The lowest BCUT2D eigenvalue weighted by Crippen LogP contribution is -2.34. The minimum absolute atomic E-state index is 0.0355. The fourth-order valence-corrected chi connectivity index (χ4v) is 4.87. The molecule has 0 spiro atoms. The van der Waals surface area contributed by atoms with Gasteiger partial charge in [0.1, 0.15) is 17.7 Å². The van der Waals surface area contributed by atoms with E-state index in [9.17, 15) is 14.0 Å². The summed E-state index contributed by atoms with van der Waals surface area (Å²) in [6.07, 6.45) is 3.26. The smallest absolute Gasteiger partial charge is 0.328 e. The van der Waals surface area contributed by atoms with E-state index in [-0.39, 0.29) is 11.9 Å². The maximum absolute atomic E-state index is 13.7. The van der Waals surface area contributed by atoms with Crippen molar-refractivity contribution in [3.05, 3.63) is 65.0 Å². The van der Waals surface area contributed by atoms with Crippen molar-refractivity contribution < 1.29 is 28.9 Å². The Labute approximate surface area is 194 Å². The van der Waals surface area contributed by atoms with Gasteiger partial charge in [-0.3, -0.25) is 0 Å². The number of aliphatic carboxylic acids is 2. The van der Waals surface area contributed by atoms with Gasteiger partial charge in [-0.1, -0.05) is 23.4 Å². The Morgan fingerprint density at radius 2 is 1.75 bits per heavy atom. The number of piperidine rings is 1. The third kappa shape index (κ3) is 6.48. The Balaban J connectivity index is 0.000000312. The first kappa shape index (κ1) is 24.1. The number of hydrogen-bond donors (Lipinski definition) is 2. The van der Waals surface area contributed by atoms with E-state index in [1.165, 1.54) is 6.07 Å². The maximum Gasteiger partial charge on any atom is 0.328 e. The van der Waals surface area contributed by atoms with Crippen LogP contribution in [0.15, 0.2) is 58.3 Å². The normalized spacial score (nSPS) is 18.5. The van der Waals surface area contributed by atoms with Crippen LogP contribution in [0.4, 0.5) is 4.39 Å². The van der Waals surface area contributed by atoms with Crippen molar-refractivity contribution in [3.8, 4) is 5.75 Å². The Morgan fingerprint density at radius 3 is 2.38 bits per heavy atom. The van der Waals surface area contributed by atoms with E-state index in [2.05, 4.69) is 11.9 Å². The first-order valence-electron chi connectivity index (χ1n) is 9.99. The molecule has 0 saturated carbocycles. The van der Waals surface area contributed by atoms with Crippen LogP contribution in [0.3, 0.4) is 0 Å². The third-order valence-corrected chi connectivity index (χ3v) is 6.58. The van der Waals surface area contributed by atoms with Crippen LogP contribution in [0.25, 0.3) is 0 Å². The van der Waals surface area contributed by atoms with Crippen LogP contribution < -0.4 is 4.74 Å². The number of benzene rings is 2. The topological polar surface area (TPSA) is 87.1 Å². The zero-order valence-corrected chi connectivity index (χ0v) is 18.9. The molecule has 0 aliphatic carbocycles. The van der Waals surface area contributed by atoms with Crippen molar-refractivity contribution in [3.63, 3.8) is 0 Å². The number of nitrogens with zero attached hydrogens (tertiary/aromatic N) is 1. The van der Waals surface area contributed by atoms with Crippen molar-refractivity contribution in [2.75, 3.05) is 20.1 Å². The van der Waals surface area contributed by atoms with Crippen molar-refractivity contribution in [1.82, 2.24) is 4.90 Å². The van der Waals surface area contributed by atoms with E-state index in [4.69, 9.17) is 26.6 Å². The van der Waals surface area contributed by atoms with Crippen LogP contribution in [-0.4, -0.2) is 47.2 Å². The Hall–Kier alpha value is -2.55. The number of carboxylic acids is 2. The number of carbonyl (C=O) groups is 2. The molecule has 2 aliphatic heterocycles. The summed E-state index contributed by atoms with van der Waals surface area (Å²) < 4.78 is 20.1. The number of rotatable bonds is 3. The molecular weight excluding hydrogens is 457 g/mol. The summed E-state index contributed by atoms with van der Waals surface area (Å²) in [7, 11) is 2.16. The van der Waals surface area contributed by atoms with Crippen LogP contribution in [0.2, 0.25) is 5.02 Å². The molecule has 0 amide bonds. The molecule has 2 heterocycles. The highest BCUT2D eigenvalue weighted by Gasteiger charge is 2.33. The molecule has 6 nitrogen and oxygen atoms in total. The standard InChI is InChI=1S/C19H19ClFNOS.C4H4O4/c1-22-8-6-12(7-9-22)19-15-10-13(20)2-5-17(15)24-18-11-14(21)3-4-16(18)23-19;5-3(6)1-2-4(7)8/h2-5,10-12,19H,6-9H2,1H3;1-2H,(H,5,6)(H,7,8). The quantitative estimate of drug-likeness (QED) is 0.591. The second-order valence-corrected chi connectivity index (χ2v) is 9.08. The molecular formula is C23H23ClFNO5S. The minimum Gasteiger partial charge on any atom is -0.484 e. The first-order valence-corrected chi connectivity index (χ1v) is 11.2. The zero-order chi connectivity index (χ0) is 23.3. The molecule has 0 radical (unpaired) electrons. The monoisotopic (exact) mass is 479 g/mol.